The lowest BCUT2D eigenvalue weighted by atomic mass is 10.0. The van der Waals surface area contributed by atoms with Crippen molar-refractivity contribution in [2.24, 2.45) is 0 Å². The fraction of sp³-hybridized carbons (Fsp3) is 0.375. The van der Waals surface area contributed by atoms with Crippen LogP contribution in [-0.2, 0) is 17.7 Å². The monoisotopic (exact) mass is 432 g/mol. The van der Waals surface area contributed by atoms with Crippen molar-refractivity contribution in [3.05, 3.63) is 64.1 Å². The summed E-state index contributed by atoms with van der Waals surface area (Å²) < 4.78 is 5.66. The highest BCUT2D eigenvalue weighted by Gasteiger charge is 2.28. The number of fused-ring (bicyclic) bond motifs is 1. The third-order valence-electron chi connectivity index (χ3n) is 6.06. The predicted molar refractivity (Wildman–Crippen MR) is 125 cm³/mol. The number of ether oxygens (including phenoxy) is 1. The minimum absolute atomic E-state index is 0.135. The number of morpholine rings is 1. The molecule has 1 saturated heterocycles. The number of aromatic nitrogens is 3. The van der Waals surface area contributed by atoms with Crippen LogP contribution in [0.5, 0.6) is 0 Å². The predicted octanol–water partition coefficient (Wildman–Crippen LogP) is 2.79. The zero-order valence-corrected chi connectivity index (χ0v) is 18.5. The van der Waals surface area contributed by atoms with Gasteiger partial charge in [-0.05, 0) is 50.7 Å². The van der Waals surface area contributed by atoms with E-state index in [9.17, 15) is 4.79 Å². The first-order chi connectivity index (χ1) is 15.6. The molecule has 2 aliphatic rings. The largest absolute Gasteiger partial charge is 0.377 e. The van der Waals surface area contributed by atoms with Gasteiger partial charge >= 0.3 is 0 Å². The van der Waals surface area contributed by atoms with E-state index in [4.69, 9.17) is 14.7 Å². The molecule has 0 spiro atoms. The quantitative estimate of drug-likeness (QED) is 0.656. The van der Waals surface area contributed by atoms with Gasteiger partial charge in [-0.2, -0.15) is 0 Å². The lowest BCUT2D eigenvalue weighted by Gasteiger charge is -2.37. The molecule has 166 valence electrons. The van der Waals surface area contributed by atoms with Crippen LogP contribution < -0.4 is 15.8 Å². The van der Waals surface area contributed by atoms with Gasteiger partial charge in [-0.15, -0.1) is 0 Å². The van der Waals surface area contributed by atoms with E-state index in [0.29, 0.717) is 5.82 Å². The fourth-order valence-electron chi connectivity index (χ4n) is 4.33. The first-order valence-corrected chi connectivity index (χ1v) is 11.1. The van der Waals surface area contributed by atoms with Crippen LogP contribution in [0, 0.1) is 0 Å². The molecular formula is C24H28N6O2. The summed E-state index contributed by atoms with van der Waals surface area (Å²) in [7, 11) is 2.14. The molecule has 8 heteroatoms. The van der Waals surface area contributed by atoms with Gasteiger partial charge in [-0.3, -0.25) is 4.79 Å². The average molecular weight is 433 g/mol. The number of pyridine rings is 1. The van der Waals surface area contributed by atoms with Crippen LogP contribution in [0.3, 0.4) is 0 Å². The third-order valence-corrected chi connectivity index (χ3v) is 6.06. The van der Waals surface area contributed by atoms with Crippen molar-refractivity contribution in [1.29, 1.82) is 0 Å². The van der Waals surface area contributed by atoms with Gasteiger partial charge in [0.1, 0.15) is 11.6 Å². The van der Waals surface area contributed by atoms with Crippen molar-refractivity contribution < 1.29 is 4.74 Å². The van der Waals surface area contributed by atoms with E-state index < -0.39 is 0 Å². The van der Waals surface area contributed by atoms with Crippen LogP contribution >= 0.6 is 0 Å². The molecule has 8 nitrogen and oxygen atoms in total. The van der Waals surface area contributed by atoms with E-state index in [1.54, 1.807) is 6.07 Å². The van der Waals surface area contributed by atoms with Gasteiger partial charge in [0, 0.05) is 42.5 Å². The number of nitrogens with one attached hydrogen (secondary N) is 2. The second-order valence-electron chi connectivity index (χ2n) is 8.53. The Morgan fingerprint density at radius 2 is 1.97 bits per heavy atom. The summed E-state index contributed by atoms with van der Waals surface area (Å²) in [5.41, 5.74) is 4.10. The standard InChI is InChI=1S/C24H28N6O2/c1-16-15-32-13-12-30(16)24-19-10-11-29(2)14-20(19)26-23(28-24)17-6-8-18(9-7-17)25-21-4-3-5-22(31)27-21/h3-9,16H,10-15H2,1-2H3,(H2,25,27,31)/t16-/m0/s1. The minimum atomic E-state index is -0.135. The number of benzene rings is 1. The first kappa shape index (κ1) is 20.7. The maximum atomic E-state index is 11.5. The van der Waals surface area contributed by atoms with Crippen molar-refractivity contribution >= 4 is 17.3 Å². The van der Waals surface area contributed by atoms with E-state index >= 15 is 0 Å². The first-order valence-electron chi connectivity index (χ1n) is 11.1. The summed E-state index contributed by atoms with van der Waals surface area (Å²) in [4.78, 5) is 29.0. The molecule has 5 rings (SSSR count). The van der Waals surface area contributed by atoms with Crippen LogP contribution in [0.25, 0.3) is 11.4 Å². The molecule has 0 unspecified atom stereocenters. The summed E-state index contributed by atoms with van der Waals surface area (Å²) in [5.74, 6) is 2.45. The van der Waals surface area contributed by atoms with E-state index in [-0.39, 0.29) is 11.6 Å². The van der Waals surface area contributed by atoms with Crippen LogP contribution in [0.4, 0.5) is 17.3 Å². The maximum absolute atomic E-state index is 11.5. The number of anilines is 3. The number of H-pyrrole nitrogens is 1. The Hall–Kier alpha value is -3.23. The van der Waals surface area contributed by atoms with Gasteiger partial charge in [0.05, 0.1) is 24.9 Å². The summed E-state index contributed by atoms with van der Waals surface area (Å²) in [6, 6.07) is 13.3. The van der Waals surface area contributed by atoms with E-state index in [1.807, 2.05) is 30.3 Å². The number of rotatable bonds is 4. The van der Waals surface area contributed by atoms with Gasteiger partial charge < -0.3 is 24.8 Å². The molecule has 0 bridgehead atoms. The molecule has 0 saturated carbocycles. The normalized spacial score (nSPS) is 18.9. The smallest absolute Gasteiger partial charge is 0.249 e. The summed E-state index contributed by atoms with van der Waals surface area (Å²) >= 11 is 0. The van der Waals surface area contributed by atoms with Crippen LogP contribution in [0.1, 0.15) is 18.2 Å². The number of hydrogen-bond donors (Lipinski definition) is 2. The lowest BCUT2D eigenvalue weighted by molar-refractivity contribution is 0.0983. The average Bonchev–Trinajstić information content (AvgIpc) is 2.79. The maximum Gasteiger partial charge on any atom is 0.249 e. The highest BCUT2D eigenvalue weighted by molar-refractivity contribution is 5.65. The van der Waals surface area contributed by atoms with E-state index in [2.05, 4.69) is 34.1 Å². The van der Waals surface area contributed by atoms with Crippen molar-refractivity contribution in [3.8, 4) is 11.4 Å². The Kier molecular flexibility index (Phi) is 5.63. The number of likely N-dealkylation sites (N-methyl/N-ethyl adjacent to an activating group) is 1. The highest BCUT2D eigenvalue weighted by atomic mass is 16.5. The van der Waals surface area contributed by atoms with Crippen LogP contribution in [0.2, 0.25) is 0 Å². The molecule has 32 heavy (non-hydrogen) atoms. The number of nitrogens with zero attached hydrogens (tertiary/aromatic N) is 4. The van der Waals surface area contributed by atoms with Crippen molar-refractivity contribution in [3.63, 3.8) is 0 Å². The summed E-state index contributed by atoms with van der Waals surface area (Å²) in [6.45, 7) is 6.33. The summed E-state index contributed by atoms with van der Waals surface area (Å²) in [6.07, 6.45) is 0.962. The van der Waals surface area contributed by atoms with Gasteiger partial charge in [0.25, 0.3) is 0 Å². The SMILES string of the molecule is C[C@H]1COCCN1c1nc(-c2ccc(Nc3cccc(=O)[nH]3)cc2)nc2c1CCN(C)C2. The van der Waals surface area contributed by atoms with Crippen molar-refractivity contribution in [2.45, 2.75) is 25.9 Å². The second-order valence-corrected chi connectivity index (χ2v) is 8.53. The molecule has 0 radical (unpaired) electrons. The van der Waals surface area contributed by atoms with Crippen molar-refractivity contribution in [2.75, 3.05) is 43.6 Å². The molecule has 0 aliphatic carbocycles. The Balaban J connectivity index is 1.48. The van der Waals surface area contributed by atoms with Crippen LogP contribution in [-0.4, -0.2) is 59.2 Å². The molecule has 2 aliphatic heterocycles. The van der Waals surface area contributed by atoms with Crippen LogP contribution in [0.15, 0.2) is 47.3 Å². The molecule has 1 fully saturated rings. The number of hydrogen-bond acceptors (Lipinski definition) is 7. The fourth-order valence-corrected chi connectivity index (χ4v) is 4.33. The molecule has 2 N–H and O–H groups in total. The Labute approximate surface area is 187 Å². The molecule has 1 atom stereocenters. The van der Waals surface area contributed by atoms with Gasteiger partial charge in [0.15, 0.2) is 5.82 Å². The summed E-state index contributed by atoms with van der Waals surface area (Å²) in [5, 5.41) is 3.22. The van der Waals surface area contributed by atoms with Gasteiger partial charge in [-0.25, -0.2) is 9.97 Å². The highest BCUT2D eigenvalue weighted by Crippen LogP contribution is 2.31. The molecule has 3 aromatic rings. The molecule has 0 amide bonds. The third kappa shape index (κ3) is 4.24. The number of aromatic amines is 1. The molecule has 2 aromatic heterocycles. The van der Waals surface area contributed by atoms with Crippen molar-refractivity contribution in [1.82, 2.24) is 19.9 Å². The zero-order valence-electron chi connectivity index (χ0n) is 18.5. The Bertz CT molecular complexity index is 1160. The van der Waals surface area contributed by atoms with E-state index in [0.717, 1.165) is 67.9 Å². The molecule has 4 heterocycles. The second kappa shape index (κ2) is 8.72. The topological polar surface area (TPSA) is 86.4 Å². The Morgan fingerprint density at radius 3 is 2.75 bits per heavy atom. The minimum Gasteiger partial charge on any atom is -0.377 e. The van der Waals surface area contributed by atoms with Gasteiger partial charge in [0.2, 0.25) is 5.56 Å². The molecular weight excluding hydrogens is 404 g/mol. The van der Waals surface area contributed by atoms with E-state index in [1.165, 1.54) is 11.6 Å². The zero-order chi connectivity index (χ0) is 22.1. The lowest BCUT2D eigenvalue weighted by Crippen LogP contribution is -2.45. The Morgan fingerprint density at radius 1 is 1.12 bits per heavy atom. The molecule has 1 aromatic carbocycles. The van der Waals surface area contributed by atoms with Gasteiger partial charge in [-0.1, -0.05) is 6.07 Å².